The predicted octanol–water partition coefficient (Wildman–Crippen LogP) is 2.03. The number of rotatable bonds is 2. The fourth-order valence-corrected chi connectivity index (χ4v) is 0.199. The van der Waals surface area contributed by atoms with Crippen LogP contribution in [0.3, 0.4) is 0 Å². The minimum absolute atomic E-state index is 0.435. The van der Waals surface area contributed by atoms with E-state index in [1.807, 2.05) is 0 Å². The Morgan fingerprint density at radius 1 is 1.57 bits per heavy atom. The molecule has 2 heteroatoms. The molecular formula is C5H7F2. The maximum absolute atomic E-state index is 11.1. The lowest BCUT2D eigenvalue weighted by Crippen LogP contribution is -1.77. The molecule has 0 heterocycles. The van der Waals surface area contributed by atoms with Gasteiger partial charge in [0.15, 0.2) is 0 Å². The van der Waals surface area contributed by atoms with Crippen LogP contribution in [0.2, 0.25) is 0 Å². The third-order valence-electron chi connectivity index (χ3n) is 0.448. The van der Waals surface area contributed by atoms with Gasteiger partial charge in [0.1, 0.15) is 0 Å². The molecule has 0 aliphatic carbocycles. The number of halogens is 2. The van der Waals surface area contributed by atoms with Crippen molar-refractivity contribution >= 4 is 0 Å². The lowest BCUT2D eigenvalue weighted by Gasteiger charge is -1.81. The monoisotopic (exact) mass is 105 g/mol. The van der Waals surface area contributed by atoms with Crippen molar-refractivity contribution in [2.45, 2.75) is 12.8 Å². The molecule has 1 radical (unpaired) electrons. The second-order valence-electron chi connectivity index (χ2n) is 1.05. The molecule has 0 aromatic heterocycles. The van der Waals surface area contributed by atoms with E-state index in [1.165, 1.54) is 6.08 Å². The first-order valence-corrected chi connectivity index (χ1v) is 2.01. The van der Waals surface area contributed by atoms with Gasteiger partial charge in [-0.05, 0) is 19.4 Å². The van der Waals surface area contributed by atoms with Crippen LogP contribution >= 0.6 is 0 Å². The first kappa shape index (κ1) is 6.60. The molecule has 0 aliphatic rings. The number of hydrogen-bond acceptors (Lipinski definition) is 0. The highest BCUT2D eigenvalue weighted by molar-refractivity contribution is 4.84. The average molecular weight is 105 g/mol. The Bertz CT molecular complexity index is 57.1. The highest BCUT2D eigenvalue weighted by atomic mass is 19.3. The molecule has 0 fully saturated rings. The van der Waals surface area contributed by atoms with E-state index in [-0.39, 0.29) is 0 Å². The summed E-state index contributed by atoms with van der Waals surface area (Å²) in [4.78, 5) is 0. The van der Waals surface area contributed by atoms with Gasteiger partial charge in [0.05, 0.1) is 0 Å². The van der Waals surface area contributed by atoms with Crippen molar-refractivity contribution < 1.29 is 8.78 Å². The summed E-state index contributed by atoms with van der Waals surface area (Å²) < 4.78 is 22.2. The zero-order valence-corrected chi connectivity index (χ0v) is 3.90. The summed E-state index contributed by atoms with van der Waals surface area (Å²) in [6.07, 6.45) is 0.281. The normalized spacial score (nSPS) is 11.4. The summed E-state index contributed by atoms with van der Waals surface area (Å²) in [7, 11) is 0. The van der Waals surface area contributed by atoms with Crippen molar-refractivity contribution in [2.24, 2.45) is 0 Å². The fourth-order valence-electron chi connectivity index (χ4n) is 0.199. The van der Waals surface area contributed by atoms with Crippen molar-refractivity contribution in [1.82, 2.24) is 0 Å². The minimum Gasteiger partial charge on any atom is -0.206 e. The molecule has 0 spiro atoms. The molecule has 0 N–H and O–H groups in total. The Labute approximate surface area is 41.8 Å². The molecule has 7 heavy (non-hydrogen) atoms. The Morgan fingerprint density at radius 3 is 2.29 bits per heavy atom. The highest BCUT2D eigenvalue weighted by Crippen LogP contribution is 1.93. The molecule has 0 bridgehead atoms. The fraction of sp³-hybridized carbons (Fsp3) is 0.400. The molecule has 0 saturated carbocycles. The SMILES string of the molecule is [CH2]C/C=C/C(F)F. The van der Waals surface area contributed by atoms with Crippen LogP contribution in [0.5, 0.6) is 0 Å². The van der Waals surface area contributed by atoms with Crippen LogP contribution in [-0.4, -0.2) is 6.43 Å². The van der Waals surface area contributed by atoms with E-state index >= 15 is 0 Å². The molecule has 0 rings (SSSR count). The van der Waals surface area contributed by atoms with E-state index in [2.05, 4.69) is 6.92 Å². The maximum atomic E-state index is 11.1. The number of hydrogen-bond donors (Lipinski definition) is 0. The third-order valence-corrected chi connectivity index (χ3v) is 0.448. The number of alkyl halides is 2. The average Bonchev–Trinajstić information content (AvgIpc) is 1.61. The van der Waals surface area contributed by atoms with Gasteiger partial charge in [-0.1, -0.05) is 6.08 Å². The van der Waals surface area contributed by atoms with Gasteiger partial charge in [-0.3, -0.25) is 0 Å². The molecule has 0 unspecified atom stereocenters. The summed E-state index contributed by atoms with van der Waals surface area (Å²) in [6, 6.07) is 0. The Balaban J connectivity index is 3.08. The van der Waals surface area contributed by atoms with E-state index in [9.17, 15) is 8.78 Å². The van der Waals surface area contributed by atoms with Crippen LogP contribution in [-0.2, 0) is 0 Å². The third kappa shape index (κ3) is 5.60. The van der Waals surface area contributed by atoms with Gasteiger partial charge in [-0.2, -0.15) is 0 Å². The summed E-state index contributed by atoms with van der Waals surface area (Å²) in [5, 5.41) is 0. The van der Waals surface area contributed by atoms with Crippen molar-refractivity contribution in [2.75, 3.05) is 0 Å². The quantitative estimate of drug-likeness (QED) is 0.471. The van der Waals surface area contributed by atoms with Gasteiger partial charge >= 0.3 is 0 Å². The van der Waals surface area contributed by atoms with Gasteiger partial charge in [0.2, 0.25) is 0 Å². The van der Waals surface area contributed by atoms with Crippen LogP contribution in [0, 0.1) is 6.92 Å². The smallest absolute Gasteiger partial charge is 0.206 e. The van der Waals surface area contributed by atoms with Gasteiger partial charge in [-0.25, -0.2) is 8.78 Å². The van der Waals surface area contributed by atoms with Gasteiger partial charge in [-0.15, -0.1) is 0 Å². The van der Waals surface area contributed by atoms with Crippen LogP contribution in [0.4, 0.5) is 8.78 Å². The highest BCUT2D eigenvalue weighted by Gasteiger charge is 1.88. The first-order chi connectivity index (χ1) is 3.27. The van der Waals surface area contributed by atoms with E-state index in [0.29, 0.717) is 6.42 Å². The molecular weight excluding hydrogens is 98.1 g/mol. The topological polar surface area (TPSA) is 0 Å². The van der Waals surface area contributed by atoms with Crippen LogP contribution in [0.15, 0.2) is 12.2 Å². The second-order valence-corrected chi connectivity index (χ2v) is 1.05. The summed E-state index contributed by atoms with van der Waals surface area (Å²) in [6.45, 7) is 3.34. The molecule has 0 nitrogen and oxygen atoms in total. The lowest BCUT2D eigenvalue weighted by atomic mass is 10.4. The van der Waals surface area contributed by atoms with Crippen LogP contribution in [0.1, 0.15) is 6.42 Å². The van der Waals surface area contributed by atoms with Crippen molar-refractivity contribution in [3.63, 3.8) is 0 Å². The van der Waals surface area contributed by atoms with E-state index < -0.39 is 6.43 Å². The summed E-state index contributed by atoms with van der Waals surface area (Å²) >= 11 is 0. The maximum Gasteiger partial charge on any atom is 0.257 e. The van der Waals surface area contributed by atoms with Gasteiger partial charge in [0, 0.05) is 0 Å². The molecule has 0 aromatic rings. The minimum atomic E-state index is -2.32. The summed E-state index contributed by atoms with van der Waals surface area (Å²) in [5.74, 6) is 0. The van der Waals surface area contributed by atoms with Gasteiger partial charge in [0.25, 0.3) is 6.43 Å². The zero-order valence-electron chi connectivity index (χ0n) is 3.90. The molecule has 0 saturated heterocycles. The number of allylic oxidation sites excluding steroid dienone is 2. The first-order valence-electron chi connectivity index (χ1n) is 2.01. The zero-order chi connectivity index (χ0) is 5.70. The molecule has 0 amide bonds. The molecule has 0 aromatic carbocycles. The van der Waals surface area contributed by atoms with Crippen molar-refractivity contribution in [1.29, 1.82) is 0 Å². The largest absolute Gasteiger partial charge is 0.257 e. The second kappa shape index (κ2) is 3.78. The van der Waals surface area contributed by atoms with Crippen molar-refractivity contribution in [3.05, 3.63) is 19.1 Å². The summed E-state index contributed by atoms with van der Waals surface area (Å²) in [5.41, 5.74) is 0. The molecule has 0 atom stereocenters. The molecule has 0 aliphatic heterocycles. The van der Waals surface area contributed by atoms with E-state index in [1.54, 1.807) is 0 Å². The Kier molecular flexibility index (Phi) is 3.56. The Morgan fingerprint density at radius 2 is 2.14 bits per heavy atom. The van der Waals surface area contributed by atoms with Crippen LogP contribution < -0.4 is 0 Å². The van der Waals surface area contributed by atoms with Crippen LogP contribution in [0.25, 0.3) is 0 Å². The van der Waals surface area contributed by atoms with E-state index in [4.69, 9.17) is 0 Å². The predicted molar refractivity (Wildman–Crippen MR) is 25.1 cm³/mol. The van der Waals surface area contributed by atoms with E-state index in [0.717, 1.165) is 6.08 Å². The molecule has 41 valence electrons. The van der Waals surface area contributed by atoms with Gasteiger partial charge < -0.3 is 0 Å². The lowest BCUT2D eigenvalue weighted by molar-refractivity contribution is 0.204. The van der Waals surface area contributed by atoms with Crippen molar-refractivity contribution in [3.8, 4) is 0 Å². The standard InChI is InChI=1S/C5H7F2/c1-2-3-4-5(6)7/h3-5H,1-2H2/b4-3+. The Hall–Kier alpha value is -0.400.